The van der Waals surface area contributed by atoms with Crippen molar-refractivity contribution in [1.82, 2.24) is 5.32 Å². The minimum Gasteiger partial charge on any atom is -0.310 e. The van der Waals surface area contributed by atoms with Crippen LogP contribution in [0.15, 0.2) is 18.2 Å². The van der Waals surface area contributed by atoms with Gasteiger partial charge in [0.25, 0.3) is 5.69 Å². The molecule has 0 fully saturated rings. The molecular weight excluding hydrogens is 223 g/mol. The molecule has 1 rings (SSSR count). The minimum atomic E-state index is -0.485. The lowest BCUT2D eigenvalue weighted by Gasteiger charge is -2.12. The lowest BCUT2D eigenvalue weighted by atomic mass is 10.1. The summed E-state index contributed by atoms with van der Waals surface area (Å²) in [5.41, 5.74) is 0.348. The third kappa shape index (κ3) is 4.11. The van der Waals surface area contributed by atoms with Crippen molar-refractivity contribution in [2.75, 3.05) is 0 Å². The highest BCUT2D eigenvalue weighted by molar-refractivity contribution is 5.40. The van der Waals surface area contributed by atoms with Crippen LogP contribution in [0.4, 0.5) is 10.1 Å². The summed E-state index contributed by atoms with van der Waals surface area (Å²) in [5.74, 6) is -0.449. The van der Waals surface area contributed by atoms with Crippen molar-refractivity contribution in [2.45, 2.75) is 39.3 Å². The Kier molecular flexibility index (Phi) is 5.03. The maximum absolute atomic E-state index is 13.0. The Labute approximate surface area is 100.0 Å². The van der Waals surface area contributed by atoms with Crippen molar-refractivity contribution in [3.63, 3.8) is 0 Å². The summed E-state index contributed by atoms with van der Waals surface area (Å²) >= 11 is 0. The first-order valence-corrected chi connectivity index (χ1v) is 5.70. The summed E-state index contributed by atoms with van der Waals surface area (Å²) in [6.07, 6.45) is 2.03. The van der Waals surface area contributed by atoms with Crippen molar-refractivity contribution >= 4 is 5.69 Å². The first-order valence-electron chi connectivity index (χ1n) is 5.70. The Balaban J connectivity index is 2.75. The summed E-state index contributed by atoms with van der Waals surface area (Å²) in [7, 11) is 0. The van der Waals surface area contributed by atoms with Gasteiger partial charge in [0.15, 0.2) is 0 Å². The van der Waals surface area contributed by atoms with E-state index in [4.69, 9.17) is 0 Å². The van der Waals surface area contributed by atoms with Gasteiger partial charge in [-0.1, -0.05) is 13.3 Å². The Morgan fingerprint density at radius 1 is 1.53 bits per heavy atom. The van der Waals surface area contributed by atoms with Gasteiger partial charge in [0.05, 0.1) is 4.92 Å². The second kappa shape index (κ2) is 6.30. The van der Waals surface area contributed by atoms with Crippen LogP contribution < -0.4 is 5.32 Å². The molecule has 0 spiro atoms. The highest BCUT2D eigenvalue weighted by Gasteiger charge is 2.14. The van der Waals surface area contributed by atoms with Gasteiger partial charge in [-0.3, -0.25) is 10.1 Å². The predicted molar refractivity (Wildman–Crippen MR) is 64.3 cm³/mol. The number of nitro groups is 1. The van der Waals surface area contributed by atoms with E-state index in [9.17, 15) is 14.5 Å². The summed E-state index contributed by atoms with van der Waals surface area (Å²) in [5, 5.41) is 13.9. The number of nitrogens with zero attached hydrogens (tertiary/aromatic N) is 1. The second-order valence-electron chi connectivity index (χ2n) is 4.10. The highest BCUT2D eigenvalue weighted by Crippen LogP contribution is 2.19. The SMILES string of the molecule is CCCC(C)NCc1cc(F)ccc1[N+](=O)[O-]. The summed E-state index contributed by atoms with van der Waals surface area (Å²) < 4.78 is 13.0. The van der Waals surface area contributed by atoms with Crippen molar-refractivity contribution in [3.05, 3.63) is 39.7 Å². The highest BCUT2D eigenvalue weighted by atomic mass is 19.1. The van der Waals surface area contributed by atoms with Crippen molar-refractivity contribution in [1.29, 1.82) is 0 Å². The Morgan fingerprint density at radius 3 is 2.82 bits per heavy atom. The van der Waals surface area contributed by atoms with Gasteiger partial charge >= 0.3 is 0 Å². The van der Waals surface area contributed by atoms with Gasteiger partial charge in [-0.25, -0.2) is 4.39 Å². The minimum absolute atomic E-state index is 0.0393. The molecule has 0 heterocycles. The molecule has 1 aromatic carbocycles. The zero-order valence-electron chi connectivity index (χ0n) is 10.1. The third-order valence-electron chi connectivity index (χ3n) is 2.60. The fourth-order valence-corrected chi connectivity index (χ4v) is 1.69. The van der Waals surface area contributed by atoms with Gasteiger partial charge in [-0.2, -0.15) is 0 Å². The van der Waals surface area contributed by atoms with E-state index < -0.39 is 10.7 Å². The van der Waals surface area contributed by atoms with Crippen LogP contribution in [-0.2, 0) is 6.54 Å². The molecular formula is C12H17FN2O2. The Hall–Kier alpha value is -1.49. The van der Waals surface area contributed by atoms with E-state index in [-0.39, 0.29) is 11.7 Å². The molecule has 0 radical (unpaired) electrons. The molecule has 5 heteroatoms. The first-order chi connectivity index (χ1) is 8.04. The smallest absolute Gasteiger partial charge is 0.274 e. The number of benzene rings is 1. The molecule has 0 saturated heterocycles. The number of hydrogen-bond acceptors (Lipinski definition) is 3. The fourth-order valence-electron chi connectivity index (χ4n) is 1.69. The van der Waals surface area contributed by atoms with Crippen LogP contribution in [0.5, 0.6) is 0 Å². The van der Waals surface area contributed by atoms with Gasteiger partial charge in [0.1, 0.15) is 5.82 Å². The van der Waals surface area contributed by atoms with Gasteiger partial charge in [0, 0.05) is 24.2 Å². The van der Waals surface area contributed by atoms with Gasteiger partial charge in [-0.15, -0.1) is 0 Å². The van der Waals surface area contributed by atoms with Gasteiger partial charge in [0.2, 0.25) is 0 Å². The van der Waals surface area contributed by atoms with Crippen molar-refractivity contribution in [2.24, 2.45) is 0 Å². The normalized spacial score (nSPS) is 12.4. The van der Waals surface area contributed by atoms with E-state index in [0.717, 1.165) is 18.9 Å². The zero-order chi connectivity index (χ0) is 12.8. The maximum Gasteiger partial charge on any atom is 0.274 e. The quantitative estimate of drug-likeness (QED) is 0.614. The van der Waals surface area contributed by atoms with Crippen LogP contribution >= 0.6 is 0 Å². The van der Waals surface area contributed by atoms with E-state index in [1.165, 1.54) is 12.1 Å². The van der Waals surface area contributed by atoms with Crippen LogP contribution in [0.2, 0.25) is 0 Å². The molecule has 17 heavy (non-hydrogen) atoms. The predicted octanol–water partition coefficient (Wildman–Crippen LogP) is 3.01. The monoisotopic (exact) mass is 240 g/mol. The molecule has 1 unspecified atom stereocenters. The average Bonchev–Trinajstić information content (AvgIpc) is 2.26. The fraction of sp³-hybridized carbons (Fsp3) is 0.500. The van der Waals surface area contributed by atoms with Crippen LogP contribution in [0.3, 0.4) is 0 Å². The van der Waals surface area contributed by atoms with E-state index in [1.54, 1.807) is 0 Å². The first kappa shape index (κ1) is 13.6. The largest absolute Gasteiger partial charge is 0.310 e. The lowest BCUT2D eigenvalue weighted by molar-refractivity contribution is -0.385. The molecule has 1 atom stereocenters. The van der Waals surface area contributed by atoms with Crippen molar-refractivity contribution in [3.8, 4) is 0 Å². The molecule has 0 amide bonds. The van der Waals surface area contributed by atoms with E-state index >= 15 is 0 Å². The number of nitro benzene ring substituents is 1. The molecule has 94 valence electrons. The van der Waals surface area contributed by atoms with Gasteiger partial charge < -0.3 is 5.32 Å². The van der Waals surface area contributed by atoms with E-state index in [1.807, 2.05) is 6.92 Å². The van der Waals surface area contributed by atoms with E-state index in [0.29, 0.717) is 12.1 Å². The Bertz CT molecular complexity index is 396. The molecule has 0 bridgehead atoms. The lowest BCUT2D eigenvalue weighted by Crippen LogP contribution is -2.25. The van der Waals surface area contributed by atoms with Crippen LogP contribution in [0.1, 0.15) is 32.3 Å². The number of rotatable bonds is 6. The van der Waals surface area contributed by atoms with Crippen LogP contribution in [-0.4, -0.2) is 11.0 Å². The molecule has 0 aliphatic rings. The summed E-state index contributed by atoms with van der Waals surface area (Å²) in [4.78, 5) is 10.3. The maximum atomic E-state index is 13.0. The average molecular weight is 240 g/mol. The topological polar surface area (TPSA) is 55.2 Å². The number of nitrogens with one attached hydrogen (secondary N) is 1. The number of hydrogen-bond donors (Lipinski definition) is 1. The van der Waals surface area contributed by atoms with Crippen LogP contribution in [0, 0.1) is 15.9 Å². The molecule has 0 aliphatic carbocycles. The zero-order valence-corrected chi connectivity index (χ0v) is 10.1. The molecule has 0 aliphatic heterocycles. The third-order valence-corrected chi connectivity index (χ3v) is 2.60. The van der Waals surface area contributed by atoms with E-state index in [2.05, 4.69) is 12.2 Å². The molecule has 1 N–H and O–H groups in total. The van der Waals surface area contributed by atoms with Crippen molar-refractivity contribution < 1.29 is 9.31 Å². The summed E-state index contributed by atoms with van der Waals surface area (Å²) in [6.45, 7) is 4.40. The van der Waals surface area contributed by atoms with Gasteiger partial charge in [-0.05, 0) is 25.5 Å². The summed E-state index contributed by atoms with van der Waals surface area (Å²) in [6, 6.07) is 3.79. The molecule has 0 aromatic heterocycles. The Morgan fingerprint density at radius 2 is 2.24 bits per heavy atom. The number of halogens is 1. The molecule has 0 saturated carbocycles. The molecule has 1 aromatic rings. The second-order valence-corrected chi connectivity index (χ2v) is 4.10. The van der Waals surface area contributed by atoms with Crippen LogP contribution in [0.25, 0.3) is 0 Å². The standard InChI is InChI=1S/C12H17FN2O2/c1-3-4-9(2)14-8-10-7-11(13)5-6-12(10)15(16)17/h5-7,9,14H,3-4,8H2,1-2H3. The molecule has 4 nitrogen and oxygen atoms in total.